The van der Waals surface area contributed by atoms with Crippen LogP contribution in [0.3, 0.4) is 0 Å². The van der Waals surface area contributed by atoms with Crippen LogP contribution in [-0.4, -0.2) is 44.9 Å². The number of ether oxygens (including phenoxy) is 1. The van der Waals surface area contributed by atoms with Gasteiger partial charge in [-0.25, -0.2) is 8.42 Å². The minimum Gasteiger partial charge on any atom is -0.379 e. The van der Waals surface area contributed by atoms with Crippen LogP contribution in [-0.2, 0) is 14.8 Å². The zero-order valence-electron chi connectivity index (χ0n) is 14.8. The molecule has 1 aromatic carbocycles. The Kier molecular flexibility index (Phi) is 5.76. The number of aryl methyl sites for hydroxylation is 1. The molecule has 2 aromatic rings. The molecule has 1 atom stereocenters. The van der Waals surface area contributed by atoms with Gasteiger partial charge in [-0.05, 0) is 43.0 Å². The van der Waals surface area contributed by atoms with E-state index < -0.39 is 10.0 Å². The van der Waals surface area contributed by atoms with E-state index >= 15 is 0 Å². The van der Waals surface area contributed by atoms with E-state index in [2.05, 4.69) is 5.32 Å². The minimum atomic E-state index is -3.63. The predicted molar refractivity (Wildman–Crippen MR) is 101 cm³/mol. The fourth-order valence-electron chi connectivity index (χ4n) is 2.83. The van der Waals surface area contributed by atoms with Crippen molar-refractivity contribution in [3.05, 3.63) is 51.7 Å². The van der Waals surface area contributed by atoms with Gasteiger partial charge in [0.25, 0.3) is 5.91 Å². The quantitative estimate of drug-likeness (QED) is 0.846. The van der Waals surface area contributed by atoms with E-state index in [0.29, 0.717) is 31.9 Å². The van der Waals surface area contributed by atoms with E-state index in [4.69, 9.17) is 4.74 Å². The van der Waals surface area contributed by atoms with Crippen molar-refractivity contribution in [2.24, 2.45) is 0 Å². The SMILES string of the molecule is Cc1ccc(S(=O)(=O)N2CCOCC2)cc1C(=O)N[C@@H](C)c1cccs1. The van der Waals surface area contributed by atoms with Crippen molar-refractivity contribution in [1.29, 1.82) is 0 Å². The first-order valence-corrected chi connectivity index (χ1v) is 10.7. The van der Waals surface area contributed by atoms with Gasteiger partial charge >= 0.3 is 0 Å². The number of thiophene rings is 1. The molecule has 0 radical (unpaired) electrons. The fourth-order valence-corrected chi connectivity index (χ4v) is 4.99. The third kappa shape index (κ3) is 3.98. The van der Waals surface area contributed by atoms with Gasteiger partial charge in [0.05, 0.1) is 24.2 Å². The maximum atomic E-state index is 12.8. The Balaban J connectivity index is 1.84. The number of hydrogen-bond donors (Lipinski definition) is 1. The van der Waals surface area contributed by atoms with Gasteiger partial charge in [-0.2, -0.15) is 4.31 Å². The van der Waals surface area contributed by atoms with E-state index in [1.807, 2.05) is 24.4 Å². The number of sulfonamides is 1. The third-order valence-electron chi connectivity index (χ3n) is 4.38. The lowest BCUT2D eigenvalue weighted by Crippen LogP contribution is -2.40. The second-order valence-corrected chi connectivity index (χ2v) is 9.12. The molecular weight excluding hydrogens is 372 g/mol. The maximum absolute atomic E-state index is 12.8. The molecule has 140 valence electrons. The largest absolute Gasteiger partial charge is 0.379 e. The molecule has 3 rings (SSSR count). The molecule has 0 spiro atoms. The predicted octanol–water partition coefficient (Wildman–Crippen LogP) is 2.57. The van der Waals surface area contributed by atoms with Gasteiger partial charge in [0.1, 0.15) is 0 Å². The Morgan fingerprint density at radius 2 is 2.00 bits per heavy atom. The van der Waals surface area contributed by atoms with Gasteiger partial charge in [0.15, 0.2) is 0 Å². The Hall–Kier alpha value is -1.74. The molecule has 0 saturated carbocycles. The Bertz CT molecular complexity index is 873. The molecular formula is C18H22N2O4S2. The monoisotopic (exact) mass is 394 g/mol. The second kappa shape index (κ2) is 7.87. The average Bonchev–Trinajstić information content (AvgIpc) is 3.17. The lowest BCUT2D eigenvalue weighted by molar-refractivity contribution is 0.0730. The van der Waals surface area contributed by atoms with Crippen LogP contribution in [0.1, 0.15) is 33.8 Å². The van der Waals surface area contributed by atoms with Crippen molar-refractivity contribution in [2.45, 2.75) is 24.8 Å². The zero-order chi connectivity index (χ0) is 18.7. The molecule has 0 unspecified atom stereocenters. The van der Waals surface area contributed by atoms with Crippen LogP contribution in [0.2, 0.25) is 0 Å². The summed E-state index contributed by atoms with van der Waals surface area (Å²) in [7, 11) is -3.63. The molecule has 1 fully saturated rings. The van der Waals surface area contributed by atoms with Crippen LogP contribution in [0.15, 0.2) is 40.6 Å². The molecule has 1 aliphatic rings. The summed E-state index contributed by atoms with van der Waals surface area (Å²) in [5.74, 6) is -0.276. The Labute approximate surface area is 157 Å². The molecule has 1 amide bonds. The van der Waals surface area contributed by atoms with E-state index in [9.17, 15) is 13.2 Å². The highest BCUT2D eigenvalue weighted by molar-refractivity contribution is 7.89. The van der Waals surface area contributed by atoms with Crippen molar-refractivity contribution < 1.29 is 17.9 Å². The van der Waals surface area contributed by atoms with E-state index in [-0.39, 0.29) is 16.8 Å². The Morgan fingerprint density at radius 1 is 1.27 bits per heavy atom. The number of benzene rings is 1. The van der Waals surface area contributed by atoms with Crippen LogP contribution in [0, 0.1) is 6.92 Å². The standard InChI is InChI=1S/C18H22N2O4S2/c1-13-5-6-15(26(22,23)20-7-9-24-10-8-20)12-16(13)18(21)19-14(2)17-4-3-11-25-17/h3-6,11-12,14H,7-10H2,1-2H3,(H,19,21)/t14-/m0/s1. The molecule has 0 bridgehead atoms. The van der Waals surface area contributed by atoms with Crippen LogP contribution >= 0.6 is 11.3 Å². The molecule has 8 heteroatoms. The molecule has 1 aromatic heterocycles. The third-order valence-corrected chi connectivity index (χ3v) is 7.33. The van der Waals surface area contributed by atoms with Crippen molar-refractivity contribution in [3.63, 3.8) is 0 Å². The molecule has 1 saturated heterocycles. The van der Waals surface area contributed by atoms with Crippen LogP contribution in [0.5, 0.6) is 0 Å². The summed E-state index contributed by atoms with van der Waals surface area (Å²) in [5, 5.41) is 4.90. The van der Waals surface area contributed by atoms with Gasteiger partial charge in [-0.15, -0.1) is 11.3 Å². The van der Waals surface area contributed by atoms with E-state index in [1.165, 1.54) is 10.4 Å². The minimum absolute atomic E-state index is 0.138. The first-order chi connectivity index (χ1) is 12.4. The first kappa shape index (κ1) is 19.0. The summed E-state index contributed by atoms with van der Waals surface area (Å²) in [6.45, 7) is 5.14. The van der Waals surface area contributed by atoms with Gasteiger partial charge in [-0.1, -0.05) is 12.1 Å². The van der Waals surface area contributed by atoms with Crippen molar-refractivity contribution in [3.8, 4) is 0 Å². The molecule has 0 aliphatic carbocycles. The summed E-state index contributed by atoms with van der Waals surface area (Å²) in [6.07, 6.45) is 0. The highest BCUT2D eigenvalue weighted by Gasteiger charge is 2.27. The van der Waals surface area contributed by atoms with Crippen LogP contribution in [0.25, 0.3) is 0 Å². The van der Waals surface area contributed by atoms with Crippen molar-refractivity contribution in [1.82, 2.24) is 9.62 Å². The summed E-state index contributed by atoms with van der Waals surface area (Å²) >= 11 is 1.57. The highest BCUT2D eigenvalue weighted by Crippen LogP contribution is 2.22. The molecule has 1 N–H and O–H groups in total. The smallest absolute Gasteiger partial charge is 0.252 e. The zero-order valence-corrected chi connectivity index (χ0v) is 16.4. The number of nitrogens with one attached hydrogen (secondary N) is 1. The number of morpholine rings is 1. The summed E-state index contributed by atoms with van der Waals surface area (Å²) in [6, 6.07) is 8.46. The molecule has 26 heavy (non-hydrogen) atoms. The summed E-state index contributed by atoms with van der Waals surface area (Å²) in [4.78, 5) is 13.9. The van der Waals surface area contributed by atoms with E-state index in [1.54, 1.807) is 30.4 Å². The average molecular weight is 395 g/mol. The van der Waals surface area contributed by atoms with Gasteiger partial charge < -0.3 is 10.1 Å². The summed E-state index contributed by atoms with van der Waals surface area (Å²) < 4.78 is 32.3. The van der Waals surface area contributed by atoms with Crippen molar-refractivity contribution >= 4 is 27.3 Å². The van der Waals surface area contributed by atoms with E-state index in [0.717, 1.165) is 10.4 Å². The van der Waals surface area contributed by atoms with Crippen LogP contribution in [0.4, 0.5) is 0 Å². The normalized spacial score (nSPS) is 17.0. The lowest BCUT2D eigenvalue weighted by atomic mass is 10.1. The number of carbonyl (C=O) groups excluding carboxylic acids is 1. The second-order valence-electron chi connectivity index (χ2n) is 6.20. The first-order valence-electron chi connectivity index (χ1n) is 8.42. The summed E-state index contributed by atoms with van der Waals surface area (Å²) in [5.41, 5.74) is 1.12. The topological polar surface area (TPSA) is 75.7 Å². The number of carbonyl (C=O) groups is 1. The van der Waals surface area contributed by atoms with Crippen LogP contribution < -0.4 is 5.32 Å². The molecule has 1 aliphatic heterocycles. The highest BCUT2D eigenvalue weighted by atomic mass is 32.2. The number of rotatable bonds is 5. The lowest BCUT2D eigenvalue weighted by Gasteiger charge is -2.26. The number of hydrogen-bond acceptors (Lipinski definition) is 5. The van der Waals surface area contributed by atoms with Crippen molar-refractivity contribution in [2.75, 3.05) is 26.3 Å². The number of amides is 1. The fraction of sp³-hybridized carbons (Fsp3) is 0.389. The Morgan fingerprint density at radius 3 is 2.65 bits per heavy atom. The number of nitrogens with zero attached hydrogens (tertiary/aromatic N) is 1. The van der Waals surface area contributed by atoms with Gasteiger partial charge in [0.2, 0.25) is 10.0 Å². The molecule has 6 nitrogen and oxygen atoms in total. The molecule has 2 heterocycles. The maximum Gasteiger partial charge on any atom is 0.252 e. The van der Waals surface area contributed by atoms with Gasteiger partial charge in [-0.3, -0.25) is 4.79 Å². The van der Waals surface area contributed by atoms with Gasteiger partial charge in [0, 0.05) is 23.5 Å².